The second kappa shape index (κ2) is 6.00. The van der Waals surface area contributed by atoms with Gasteiger partial charge in [-0.3, -0.25) is 4.79 Å². The standard InChI is InChI=1S/C9H18O3/c1-4-5-8(6-9(10)11)12-7(2)3/h7-8H,4-6H2,1-3H3,(H,10,11). The third kappa shape index (κ3) is 6.16. The van der Waals surface area contributed by atoms with Crippen molar-refractivity contribution in [3.05, 3.63) is 0 Å². The molecular formula is C9H18O3. The third-order valence-corrected chi connectivity index (χ3v) is 1.48. The van der Waals surface area contributed by atoms with Gasteiger partial charge >= 0.3 is 5.97 Å². The molecule has 0 aliphatic heterocycles. The monoisotopic (exact) mass is 174 g/mol. The molecule has 3 heteroatoms. The van der Waals surface area contributed by atoms with Crippen molar-refractivity contribution in [1.29, 1.82) is 0 Å². The first-order valence-electron chi connectivity index (χ1n) is 4.43. The Bertz CT molecular complexity index is 132. The summed E-state index contributed by atoms with van der Waals surface area (Å²) in [7, 11) is 0. The normalized spacial score (nSPS) is 13.3. The van der Waals surface area contributed by atoms with Crippen molar-refractivity contribution >= 4 is 5.97 Å². The van der Waals surface area contributed by atoms with Crippen LogP contribution in [0.2, 0.25) is 0 Å². The number of hydrogen-bond donors (Lipinski definition) is 1. The zero-order valence-electron chi connectivity index (χ0n) is 8.04. The van der Waals surface area contributed by atoms with Crippen molar-refractivity contribution in [2.24, 2.45) is 0 Å². The first kappa shape index (κ1) is 11.4. The van der Waals surface area contributed by atoms with Gasteiger partial charge in [0.1, 0.15) is 0 Å². The number of carboxylic acid groups (broad SMARTS) is 1. The number of carbonyl (C=O) groups is 1. The van der Waals surface area contributed by atoms with Crippen LogP contribution in [0.25, 0.3) is 0 Å². The van der Waals surface area contributed by atoms with Crippen LogP contribution in [0.4, 0.5) is 0 Å². The maximum atomic E-state index is 10.4. The summed E-state index contributed by atoms with van der Waals surface area (Å²) in [5, 5.41) is 8.54. The lowest BCUT2D eigenvalue weighted by atomic mass is 10.1. The molecule has 0 aromatic carbocycles. The summed E-state index contributed by atoms with van der Waals surface area (Å²) in [6, 6.07) is 0. The Morgan fingerprint density at radius 1 is 1.50 bits per heavy atom. The van der Waals surface area contributed by atoms with Crippen LogP contribution in [0, 0.1) is 0 Å². The van der Waals surface area contributed by atoms with E-state index in [1.165, 1.54) is 0 Å². The Kier molecular flexibility index (Phi) is 5.72. The van der Waals surface area contributed by atoms with E-state index >= 15 is 0 Å². The Hall–Kier alpha value is -0.570. The molecule has 3 nitrogen and oxygen atoms in total. The van der Waals surface area contributed by atoms with Crippen LogP contribution in [-0.4, -0.2) is 23.3 Å². The number of rotatable bonds is 6. The minimum atomic E-state index is -0.783. The molecule has 0 amide bonds. The van der Waals surface area contributed by atoms with Gasteiger partial charge in [-0.1, -0.05) is 13.3 Å². The summed E-state index contributed by atoms with van der Waals surface area (Å²) in [6.07, 6.45) is 1.90. The zero-order valence-corrected chi connectivity index (χ0v) is 8.04. The molecule has 1 atom stereocenters. The van der Waals surface area contributed by atoms with Crippen LogP contribution in [0.15, 0.2) is 0 Å². The number of hydrogen-bond acceptors (Lipinski definition) is 2. The Balaban J connectivity index is 3.77. The highest BCUT2D eigenvalue weighted by Crippen LogP contribution is 2.09. The highest BCUT2D eigenvalue weighted by molar-refractivity contribution is 5.67. The Morgan fingerprint density at radius 3 is 2.42 bits per heavy atom. The van der Waals surface area contributed by atoms with Crippen LogP contribution >= 0.6 is 0 Å². The van der Waals surface area contributed by atoms with Crippen LogP contribution < -0.4 is 0 Å². The van der Waals surface area contributed by atoms with Gasteiger partial charge in [0.25, 0.3) is 0 Å². The molecule has 1 N–H and O–H groups in total. The molecule has 0 saturated carbocycles. The fraction of sp³-hybridized carbons (Fsp3) is 0.889. The topological polar surface area (TPSA) is 46.5 Å². The van der Waals surface area contributed by atoms with Gasteiger partial charge in [-0.25, -0.2) is 0 Å². The summed E-state index contributed by atoms with van der Waals surface area (Å²) >= 11 is 0. The van der Waals surface area contributed by atoms with Gasteiger partial charge in [-0.15, -0.1) is 0 Å². The molecule has 0 aliphatic carbocycles. The molecule has 12 heavy (non-hydrogen) atoms. The molecule has 0 aliphatic rings. The molecular weight excluding hydrogens is 156 g/mol. The molecule has 0 heterocycles. The van der Waals surface area contributed by atoms with Crippen LogP contribution in [-0.2, 0) is 9.53 Å². The second-order valence-corrected chi connectivity index (χ2v) is 3.19. The molecule has 0 radical (unpaired) electrons. The maximum Gasteiger partial charge on any atom is 0.305 e. The molecule has 0 bridgehead atoms. The van der Waals surface area contributed by atoms with E-state index < -0.39 is 5.97 Å². The smallest absolute Gasteiger partial charge is 0.305 e. The molecule has 0 rings (SSSR count). The van der Waals surface area contributed by atoms with E-state index in [-0.39, 0.29) is 18.6 Å². The minimum absolute atomic E-state index is 0.112. The van der Waals surface area contributed by atoms with E-state index in [9.17, 15) is 4.79 Å². The van der Waals surface area contributed by atoms with Crippen LogP contribution in [0.5, 0.6) is 0 Å². The number of aliphatic carboxylic acids is 1. The van der Waals surface area contributed by atoms with E-state index in [2.05, 4.69) is 0 Å². The van der Waals surface area contributed by atoms with Crippen molar-refractivity contribution in [2.75, 3.05) is 0 Å². The van der Waals surface area contributed by atoms with Crippen molar-refractivity contribution in [2.45, 2.75) is 52.2 Å². The quantitative estimate of drug-likeness (QED) is 0.670. The fourth-order valence-electron chi connectivity index (χ4n) is 1.12. The van der Waals surface area contributed by atoms with Crippen molar-refractivity contribution in [1.82, 2.24) is 0 Å². The predicted octanol–water partition coefficient (Wildman–Crippen LogP) is 2.05. The van der Waals surface area contributed by atoms with Crippen LogP contribution in [0.3, 0.4) is 0 Å². The second-order valence-electron chi connectivity index (χ2n) is 3.19. The maximum absolute atomic E-state index is 10.4. The molecule has 0 fully saturated rings. The summed E-state index contributed by atoms with van der Waals surface area (Å²) in [6.45, 7) is 5.87. The van der Waals surface area contributed by atoms with Gasteiger partial charge in [0.2, 0.25) is 0 Å². The lowest BCUT2D eigenvalue weighted by molar-refractivity contribution is -0.141. The molecule has 0 saturated heterocycles. The van der Waals surface area contributed by atoms with E-state index in [4.69, 9.17) is 9.84 Å². The average molecular weight is 174 g/mol. The molecule has 72 valence electrons. The van der Waals surface area contributed by atoms with Crippen molar-refractivity contribution < 1.29 is 14.6 Å². The summed E-state index contributed by atoms with van der Waals surface area (Å²) < 4.78 is 5.42. The van der Waals surface area contributed by atoms with E-state index in [1.807, 2.05) is 20.8 Å². The molecule has 0 spiro atoms. The van der Waals surface area contributed by atoms with Crippen molar-refractivity contribution in [3.8, 4) is 0 Å². The van der Waals surface area contributed by atoms with Gasteiger partial charge < -0.3 is 9.84 Å². The highest BCUT2D eigenvalue weighted by atomic mass is 16.5. The first-order valence-corrected chi connectivity index (χ1v) is 4.43. The fourth-order valence-corrected chi connectivity index (χ4v) is 1.12. The SMILES string of the molecule is CCCC(CC(=O)O)OC(C)C. The summed E-state index contributed by atoms with van der Waals surface area (Å²) in [4.78, 5) is 10.4. The predicted molar refractivity (Wildman–Crippen MR) is 47.2 cm³/mol. The number of ether oxygens (including phenoxy) is 1. The largest absolute Gasteiger partial charge is 0.481 e. The number of carboxylic acids is 1. The van der Waals surface area contributed by atoms with E-state index in [0.717, 1.165) is 12.8 Å². The van der Waals surface area contributed by atoms with Gasteiger partial charge in [-0.2, -0.15) is 0 Å². The Morgan fingerprint density at radius 2 is 2.08 bits per heavy atom. The van der Waals surface area contributed by atoms with Gasteiger partial charge in [0.15, 0.2) is 0 Å². The highest BCUT2D eigenvalue weighted by Gasteiger charge is 2.13. The van der Waals surface area contributed by atoms with E-state index in [1.54, 1.807) is 0 Å². The van der Waals surface area contributed by atoms with Gasteiger partial charge in [0, 0.05) is 0 Å². The van der Waals surface area contributed by atoms with Gasteiger partial charge in [0.05, 0.1) is 18.6 Å². The Labute approximate surface area is 73.7 Å². The lowest BCUT2D eigenvalue weighted by Gasteiger charge is -2.17. The van der Waals surface area contributed by atoms with Crippen LogP contribution in [0.1, 0.15) is 40.0 Å². The average Bonchev–Trinajstić information content (AvgIpc) is 1.84. The summed E-state index contributed by atoms with van der Waals surface area (Å²) in [5.74, 6) is -0.783. The van der Waals surface area contributed by atoms with Gasteiger partial charge in [-0.05, 0) is 20.3 Å². The molecule has 0 aromatic heterocycles. The third-order valence-electron chi connectivity index (χ3n) is 1.48. The first-order chi connectivity index (χ1) is 5.56. The summed E-state index contributed by atoms with van der Waals surface area (Å²) in [5.41, 5.74) is 0. The minimum Gasteiger partial charge on any atom is -0.481 e. The zero-order chi connectivity index (χ0) is 9.56. The lowest BCUT2D eigenvalue weighted by Crippen LogP contribution is -2.21. The van der Waals surface area contributed by atoms with E-state index in [0.29, 0.717) is 0 Å². The molecule has 1 unspecified atom stereocenters. The van der Waals surface area contributed by atoms with Crippen molar-refractivity contribution in [3.63, 3.8) is 0 Å². The molecule has 0 aromatic rings.